The zero-order valence-corrected chi connectivity index (χ0v) is 13.8. The Morgan fingerprint density at radius 3 is 2.60 bits per heavy atom. The molecule has 0 radical (unpaired) electrons. The maximum absolute atomic E-state index is 12.0. The van der Waals surface area contributed by atoms with Gasteiger partial charge in [-0.2, -0.15) is 0 Å². The summed E-state index contributed by atoms with van der Waals surface area (Å²) in [4.78, 5) is 13.1. The van der Waals surface area contributed by atoms with Crippen LogP contribution in [0, 0.1) is 5.41 Å². The Morgan fingerprint density at radius 1 is 1.35 bits per heavy atom. The first-order valence-electron chi connectivity index (χ1n) is 6.98. The summed E-state index contributed by atoms with van der Waals surface area (Å²) in [5.41, 5.74) is -0.176. The summed E-state index contributed by atoms with van der Waals surface area (Å²) >= 11 is 1.39. The van der Waals surface area contributed by atoms with Crippen LogP contribution in [0.2, 0.25) is 0 Å². The lowest BCUT2D eigenvalue weighted by Crippen LogP contribution is -2.40. The van der Waals surface area contributed by atoms with E-state index in [-0.39, 0.29) is 5.41 Å². The molecule has 1 aliphatic heterocycles. The Bertz CT molecular complexity index is 433. The van der Waals surface area contributed by atoms with Crippen molar-refractivity contribution in [2.45, 2.75) is 31.1 Å². The molecule has 110 valence electrons. The molecule has 5 heteroatoms. The molecule has 0 N–H and O–H groups in total. The van der Waals surface area contributed by atoms with Crippen LogP contribution in [0.3, 0.4) is 0 Å². The van der Waals surface area contributed by atoms with Gasteiger partial charge in [-0.1, -0.05) is 27.6 Å². The third-order valence-corrected chi connectivity index (χ3v) is 5.33. The van der Waals surface area contributed by atoms with Crippen molar-refractivity contribution in [2.24, 2.45) is 5.41 Å². The van der Waals surface area contributed by atoms with Gasteiger partial charge in [0.2, 0.25) is 0 Å². The average molecular weight is 311 g/mol. The number of carbonyl (C=O) groups excluding carboxylic acids is 1. The van der Waals surface area contributed by atoms with Gasteiger partial charge < -0.3 is 4.18 Å². The van der Waals surface area contributed by atoms with Crippen molar-refractivity contribution in [2.75, 3.05) is 19.7 Å². The van der Waals surface area contributed by atoms with Crippen molar-refractivity contribution < 1.29 is 8.98 Å². The molecule has 1 unspecified atom stereocenters. The summed E-state index contributed by atoms with van der Waals surface area (Å²) in [5, 5.41) is 0. The van der Waals surface area contributed by atoms with Gasteiger partial charge >= 0.3 is 0 Å². The van der Waals surface area contributed by atoms with E-state index in [1.54, 1.807) is 6.92 Å². The molecule has 0 saturated carbocycles. The van der Waals surface area contributed by atoms with E-state index in [1.807, 2.05) is 30.3 Å². The normalized spacial score (nSPS) is 18.9. The van der Waals surface area contributed by atoms with Crippen LogP contribution in [0.15, 0.2) is 35.2 Å². The Morgan fingerprint density at radius 2 is 2.00 bits per heavy atom. The number of piperidine rings is 1. The molecule has 1 aromatic carbocycles. The van der Waals surface area contributed by atoms with Crippen LogP contribution < -0.4 is 0 Å². The van der Waals surface area contributed by atoms with Gasteiger partial charge in [-0.3, -0.25) is 9.46 Å². The molecule has 1 atom stereocenters. The first kappa shape index (κ1) is 16.0. The molecular weight excluding hydrogens is 289 g/mol. The zero-order valence-electron chi connectivity index (χ0n) is 11.9. The Labute approximate surface area is 127 Å². The molecule has 0 aromatic heterocycles. The van der Waals surface area contributed by atoms with Gasteiger partial charge in [0, 0.05) is 35.4 Å². The Kier molecular flexibility index (Phi) is 6.03. The monoisotopic (exact) mass is 311 g/mol. The van der Waals surface area contributed by atoms with E-state index in [2.05, 4.69) is 14.1 Å². The van der Waals surface area contributed by atoms with Gasteiger partial charge in [0.1, 0.15) is 5.78 Å². The van der Waals surface area contributed by atoms with Crippen molar-refractivity contribution in [3.05, 3.63) is 30.3 Å². The minimum atomic E-state index is -0.176. The summed E-state index contributed by atoms with van der Waals surface area (Å²) in [7, 11) is 2.73. The fourth-order valence-corrected chi connectivity index (χ4v) is 3.38. The molecule has 3 nitrogen and oxygen atoms in total. The maximum Gasteiger partial charge on any atom is 0.136 e. The number of hydrogen-bond donors (Lipinski definition) is 0. The SMILES string of the molecule is CC(=O)C1(CCOSc2ccccc2)CCN(P)CC1. The van der Waals surface area contributed by atoms with Gasteiger partial charge in [-0.05, 0) is 38.3 Å². The van der Waals surface area contributed by atoms with Crippen LogP contribution in [0.5, 0.6) is 0 Å². The summed E-state index contributed by atoms with van der Waals surface area (Å²) in [5.74, 6) is 0.309. The average Bonchev–Trinajstić information content (AvgIpc) is 2.47. The minimum Gasteiger partial charge on any atom is -0.310 e. The number of Topliss-reactive ketones (excluding diaryl/α,β-unsaturated/α-hetero) is 1. The molecule has 0 bridgehead atoms. The molecule has 1 aromatic rings. The second kappa shape index (κ2) is 7.56. The third kappa shape index (κ3) is 4.29. The van der Waals surface area contributed by atoms with Crippen molar-refractivity contribution >= 4 is 27.2 Å². The second-order valence-corrected chi connectivity index (χ2v) is 6.94. The number of rotatable bonds is 6. The van der Waals surface area contributed by atoms with E-state index < -0.39 is 0 Å². The van der Waals surface area contributed by atoms with Crippen molar-refractivity contribution in [1.29, 1.82) is 0 Å². The molecule has 2 rings (SSSR count). The highest BCUT2D eigenvalue weighted by Crippen LogP contribution is 2.37. The highest BCUT2D eigenvalue weighted by atomic mass is 32.2. The number of ketones is 1. The number of nitrogens with zero attached hydrogens (tertiary/aromatic N) is 1. The Balaban J connectivity index is 1.80. The number of hydrogen-bond acceptors (Lipinski definition) is 4. The van der Waals surface area contributed by atoms with Crippen LogP contribution >= 0.6 is 21.4 Å². The van der Waals surface area contributed by atoms with E-state index in [9.17, 15) is 4.79 Å². The smallest absolute Gasteiger partial charge is 0.136 e. The first-order valence-corrected chi connectivity index (χ1v) is 8.23. The largest absolute Gasteiger partial charge is 0.310 e. The zero-order chi connectivity index (χ0) is 14.4. The maximum atomic E-state index is 12.0. The quantitative estimate of drug-likeness (QED) is 0.456. The summed E-state index contributed by atoms with van der Waals surface area (Å²) in [6.07, 6.45) is 2.69. The van der Waals surface area contributed by atoms with Crippen LogP contribution in [-0.2, 0) is 8.98 Å². The van der Waals surface area contributed by atoms with E-state index in [0.29, 0.717) is 12.4 Å². The lowest BCUT2D eigenvalue weighted by atomic mass is 9.73. The van der Waals surface area contributed by atoms with Gasteiger partial charge in [0.15, 0.2) is 0 Å². The van der Waals surface area contributed by atoms with Gasteiger partial charge in [-0.15, -0.1) is 0 Å². The molecule has 1 heterocycles. The van der Waals surface area contributed by atoms with E-state index in [4.69, 9.17) is 4.18 Å². The molecule has 0 spiro atoms. The van der Waals surface area contributed by atoms with Crippen LogP contribution in [0.25, 0.3) is 0 Å². The van der Waals surface area contributed by atoms with Crippen LogP contribution in [0.4, 0.5) is 0 Å². The lowest BCUT2D eigenvalue weighted by molar-refractivity contribution is -0.129. The highest BCUT2D eigenvalue weighted by Gasteiger charge is 2.37. The van der Waals surface area contributed by atoms with E-state index >= 15 is 0 Å². The molecule has 1 fully saturated rings. The lowest BCUT2D eigenvalue weighted by Gasteiger charge is -2.38. The van der Waals surface area contributed by atoms with Crippen molar-refractivity contribution in [3.8, 4) is 0 Å². The van der Waals surface area contributed by atoms with E-state index in [0.717, 1.165) is 37.2 Å². The molecule has 1 aliphatic rings. The second-order valence-electron chi connectivity index (χ2n) is 5.34. The van der Waals surface area contributed by atoms with Gasteiger partial charge in [0.25, 0.3) is 0 Å². The minimum absolute atomic E-state index is 0.176. The summed E-state index contributed by atoms with van der Waals surface area (Å²) in [6.45, 7) is 4.28. The van der Waals surface area contributed by atoms with E-state index in [1.165, 1.54) is 12.0 Å². The number of benzene rings is 1. The van der Waals surface area contributed by atoms with Gasteiger partial charge in [0.05, 0.1) is 6.61 Å². The molecule has 20 heavy (non-hydrogen) atoms. The fraction of sp³-hybridized carbons (Fsp3) is 0.533. The van der Waals surface area contributed by atoms with Crippen molar-refractivity contribution in [1.82, 2.24) is 4.67 Å². The number of carbonyl (C=O) groups is 1. The Hall–Kier alpha value is -0.410. The molecule has 0 amide bonds. The molecule has 1 saturated heterocycles. The predicted octanol–water partition coefficient (Wildman–Crippen LogP) is 3.56. The van der Waals surface area contributed by atoms with Gasteiger partial charge in [-0.25, -0.2) is 0 Å². The standard InChI is InChI=1S/C15H22NO2PS/c1-13(17)15(7-10-16(19)11-8-15)9-12-18-20-14-5-3-2-4-6-14/h2-6H,7-12,19H2,1H3. The predicted molar refractivity (Wildman–Crippen MR) is 86.5 cm³/mol. The molecular formula is C15H22NO2PS. The van der Waals surface area contributed by atoms with Crippen LogP contribution in [-0.4, -0.2) is 30.2 Å². The third-order valence-electron chi connectivity index (χ3n) is 4.06. The summed E-state index contributed by atoms with van der Waals surface area (Å²) in [6, 6.07) is 10.0. The summed E-state index contributed by atoms with van der Waals surface area (Å²) < 4.78 is 7.88. The topological polar surface area (TPSA) is 29.5 Å². The molecule has 0 aliphatic carbocycles. The highest BCUT2D eigenvalue weighted by molar-refractivity contribution is 7.94. The van der Waals surface area contributed by atoms with Crippen LogP contribution in [0.1, 0.15) is 26.2 Å². The fourth-order valence-electron chi connectivity index (χ4n) is 2.55. The van der Waals surface area contributed by atoms with Crippen molar-refractivity contribution in [3.63, 3.8) is 0 Å². The first-order chi connectivity index (χ1) is 9.62.